The number of carbonyl (C=O) groups is 2. The molecular formula is C10H13ClN2O3. The Balaban J connectivity index is 0.00000225. The Morgan fingerprint density at radius 2 is 2.19 bits per heavy atom. The highest BCUT2D eigenvalue weighted by molar-refractivity contribution is 6.32. The second-order valence-corrected chi connectivity index (χ2v) is 2.72. The second-order valence-electron chi connectivity index (χ2n) is 2.72. The first kappa shape index (κ1) is 14.4. The molecule has 0 radical (unpaired) electrons. The quantitative estimate of drug-likeness (QED) is 0.627. The minimum Gasteiger partial charge on any atom is -0.459 e. The standard InChI is InChI=1S/C10H12N2O3.ClH/c1-2-15-10(14)9(13)12-7-8-5-3-4-6-11-8;/h3-6H,2,7H2,1H3,(H,12,13);1H. The number of pyridine rings is 1. The molecule has 5 nitrogen and oxygen atoms in total. The van der Waals surface area contributed by atoms with E-state index in [4.69, 9.17) is 0 Å². The zero-order valence-corrected chi connectivity index (χ0v) is 9.62. The third kappa shape index (κ3) is 4.75. The van der Waals surface area contributed by atoms with E-state index in [0.717, 1.165) is 0 Å². The number of rotatable bonds is 3. The number of nitrogens with one attached hydrogen (secondary N) is 1. The van der Waals surface area contributed by atoms with E-state index in [-0.39, 0.29) is 25.6 Å². The van der Waals surface area contributed by atoms with E-state index in [1.54, 1.807) is 31.3 Å². The van der Waals surface area contributed by atoms with Crippen molar-refractivity contribution in [3.05, 3.63) is 30.1 Å². The number of ether oxygens (including phenoxy) is 1. The third-order valence-corrected chi connectivity index (χ3v) is 1.62. The first-order valence-corrected chi connectivity index (χ1v) is 4.59. The first-order chi connectivity index (χ1) is 7.24. The number of hydrogen-bond donors (Lipinski definition) is 1. The van der Waals surface area contributed by atoms with Crippen molar-refractivity contribution in [2.24, 2.45) is 0 Å². The number of aromatic nitrogens is 1. The van der Waals surface area contributed by atoms with Gasteiger partial charge in [0.2, 0.25) is 0 Å². The van der Waals surface area contributed by atoms with E-state index in [0.29, 0.717) is 5.69 Å². The molecule has 16 heavy (non-hydrogen) atoms. The molecule has 1 amide bonds. The smallest absolute Gasteiger partial charge is 0.396 e. The molecule has 1 aromatic rings. The lowest BCUT2D eigenvalue weighted by molar-refractivity contribution is -0.154. The number of nitrogens with zero attached hydrogens (tertiary/aromatic N) is 1. The van der Waals surface area contributed by atoms with Crippen LogP contribution in [0.15, 0.2) is 24.4 Å². The first-order valence-electron chi connectivity index (χ1n) is 4.59. The van der Waals surface area contributed by atoms with Crippen LogP contribution in [0.2, 0.25) is 0 Å². The molecule has 0 aliphatic carbocycles. The molecule has 0 fully saturated rings. The zero-order chi connectivity index (χ0) is 11.1. The van der Waals surface area contributed by atoms with E-state index in [1.165, 1.54) is 0 Å². The van der Waals surface area contributed by atoms with Gasteiger partial charge >= 0.3 is 11.9 Å². The van der Waals surface area contributed by atoms with Crippen LogP contribution < -0.4 is 5.32 Å². The van der Waals surface area contributed by atoms with E-state index >= 15 is 0 Å². The minimum absolute atomic E-state index is 0. The molecule has 1 aromatic heterocycles. The van der Waals surface area contributed by atoms with E-state index < -0.39 is 11.9 Å². The van der Waals surface area contributed by atoms with Gasteiger partial charge in [0, 0.05) is 6.20 Å². The fourth-order valence-electron chi connectivity index (χ4n) is 0.942. The van der Waals surface area contributed by atoms with Crippen molar-refractivity contribution >= 4 is 24.3 Å². The molecule has 6 heteroatoms. The van der Waals surface area contributed by atoms with Crippen molar-refractivity contribution < 1.29 is 14.3 Å². The minimum atomic E-state index is -0.867. The lowest BCUT2D eigenvalue weighted by atomic mass is 10.3. The highest BCUT2D eigenvalue weighted by atomic mass is 35.5. The Labute approximate surface area is 99.6 Å². The molecule has 0 atom stereocenters. The van der Waals surface area contributed by atoms with Gasteiger partial charge in [-0.3, -0.25) is 9.78 Å². The van der Waals surface area contributed by atoms with Crippen LogP contribution in [0.4, 0.5) is 0 Å². The van der Waals surface area contributed by atoms with Gasteiger partial charge in [-0.1, -0.05) is 6.07 Å². The molecule has 1 N–H and O–H groups in total. The van der Waals surface area contributed by atoms with Gasteiger partial charge in [0.25, 0.3) is 0 Å². The predicted octanol–water partition coefficient (Wildman–Crippen LogP) is 0.683. The molecule has 0 aromatic carbocycles. The average molecular weight is 245 g/mol. The summed E-state index contributed by atoms with van der Waals surface area (Å²) in [5.74, 6) is -1.61. The normalized spacial score (nSPS) is 8.81. The van der Waals surface area contributed by atoms with Gasteiger partial charge < -0.3 is 10.1 Å². The molecule has 0 bridgehead atoms. The molecule has 0 saturated carbocycles. The van der Waals surface area contributed by atoms with Crippen molar-refractivity contribution in [2.45, 2.75) is 13.5 Å². The van der Waals surface area contributed by atoms with Crippen LogP contribution in [0.25, 0.3) is 0 Å². The van der Waals surface area contributed by atoms with Crippen molar-refractivity contribution in [1.29, 1.82) is 0 Å². The maximum absolute atomic E-state index is 11.1. The summed E-state index contributed by atoms with van der Waals surface area (Å²) in [6.07, 6.45) is 1.62. The molecule has 0 spiro atoms. The summed E-state index contributed by atoms with van der Waals surface area (Å²) in [7, 11) is 0. The molecule has 88 valence electrons. The number of carbonyl (C=O) groups excluding carboxylic acids is 2. The predicted molar refractivity (Wildman–Crippen MR) is 60.0 cm³/mol. The van der Waals surface area contributed by atoms with Gasteiger partial charge in [0.15, 0.2) is 0 Å². The van der Waals surface area contributed by atoms with Crippen molar-refractivity contribution in [1.82, 2.24) is 10.3 Å². The summed E-state index contributed by atoms with van der Waals surface area (Å²) in [5, 5.41) is 2.41. The summed E-state index contributed by atoms with van der Waals surface area (Å²) < 4.78 is 4.52. The van der Waals surface area contributed by atoms with Crippen LogP contribution in [0.1, 0.15) is 12.6 Å². The van der Waals surface area contributed by atoms with Gasteiger partial charge in [0.1, 0.15) is 0 Å². The molecule has 1 heterocycles. The van der Waals surface area contributed by atoms with E-state index in [2.05, 4.69) is 15.0 Å². The maximum Gasteiger partial charge on any atom is 0.396 e. The van der Waals surface area contributed by atoms with Crippen LogP contribution in [-0.4, -0.2) is 23.5 Å². The van der Waals surface area contributed by atoms with Crippen LogP contribution in [0, 0.1) is 0 Å². The summed E-state index contributed by atoms with van der Waals surface area (Å²) >= 11 is 0. The molecule has 0 aliphatic rings. The van der Waals surface area contributed by atoms with Crippen molar-refractivity contribution in [3.8, 4) is 0 Å². The Morgan fingerprint density at radius 1 is 1.44 bits per heavy atom. The lowest BCUT2D eigenvalue weighted by Gasteiger charge is -2.03. The van der Waals surface area contributed by atoms with Gasteiger partial charge in [-0.15, -0.1) is 12.4 Å². The van der Waals surface area contributed by atoms with Crippen molar-refractivity contribution in [2.75, 3.05) is 6.61 Å². The van der Waals surface area contributed by atoms with Crippen LogP contribution >= 0.6 is 12.4 Å². The molecule has 0 aliphatic heterocycles. The van der Waals surface area contributed by atoms with Gasteiger partial charge in [-0.2, -0.15) is 0 Å². The van der Waals surface area contributed by atoms with E-state index in [1.807, 2.05) is 0 Å². The van der Waals surface area contributed by atoms with E-state index in [9.17, 15) is 9.59 Å². The van der Waals surface area contributed by atoms with Crippen molar-refractivity contribution in [3.63, 3.8) is 0 Å². The number of esters is 1. The van der Waals surface area contributed by atoms with Crippen LogP contribution in [0.3, 0.4) is 0 Å². The van der Waals surface area contributed by atoms with Crippen LogP contribution in [0.5, 0.6) is 0 Å². The monoisotopic (exact) mass is 244 g/mol. The molecule has 0 saturated heterocycles. The topological polar surface area (TPSA) is 68.3 Å². The van der Waals surface area contributed by atoms with Gasteiger partial charge in [-0.25, -0.2) is 4.79 Å². The lowest BCUT2D eigenvalue weighted by Crippen LogP contribution is -2.32. The fourth-order valence-corrected chi connectivity index (χ4v) is 0.942. The molecule has 0 unspecified atom stereocenters. The molecular weight excluding hydrogens is 232 g/mol. The summed E-state index contributed by atoms with van der Waals surface area (Å²) in [6.45, 7) is 2.05. The fraction of sp³-hybridized carbons (Fsp3) is 0.300. The maximum atomic E-state index is 11.1. The number of halogens is 1. The van der Waals surface area contributed by atoms with Gasteiger partial charge in [0.05, 0.1) is 18.8 Å². The summed E-state index contributed by atoms with van der Waals surface area (Å²) in [4.78, 5) is 26.0. The number of hydrogen-bond acceptors (Lipinski definition) is 4. The summed E-state index contributed by atoms with van der Waals surface area (Å²) in [6, 6.07) is 5.33. The van der Waals surface area contributed by atoms with Gasteiger partial charge in [-0.05, 0) is 19.1 Å². The Hall–Kier alpha value is -1.62. The highest BCUT2D eigenvalue weighted by Gasteiger charge is 2.13. The highest BCUT2D eigenvalue weighted by Crippen LogP contribution is 1.92. The second kappa shape index (κ2) is 7.64. The Morgan fingerprint density at radius 3 is 2.75 bits per heavy atom. The largest absolute Gasteiger partial charge is 0.459 e. The molecule has 1 rings (SSSR count). The Kier molecular flexibility index (Phi) is 6.87. The van der Waals surface area contributed by atoms with Crippen LogP contribution in [-0.2, 0) is 20.9 Å². The SMILES string of the molecule is CCOC(=O)C(=O)NCc1ccccn1.Cl. The number of amides is 1. The third-order valence-electron chi connectivity index (χ3n) is 1.62. The summed E-state index contributed by atoms with van der Waals surface area (Å²) in [5.41, 5.74) is 0.690. The Bertz CT molecular complexity index is 343. The average Bonchev–Trinajstić information content (AvgIpc) is 2.27. The zero-order valence-electron chi connectivity index (χ0n) is 8.80.